The molecule has 2 aromatic carbocycles. The van der Waals surface area contributed by atoms with Crippen LogP contribution in [0.25, 0.3) is 16.6 Å². The molecule has 43 heavy (non-hydrogen) atoms. The molecule has 0 bridgehead atoms. The number of hydrogen-bond acceptors (Lipinski definition) is 8. The number of β-amino-alcohol motifs (C(OH)–C–C–N with tert-alkyl or cyclic N) is 1. The topological polar surface area (TPSA) is 144 Å². The van der Waals surface area contributed by atoms with E-state index >= 15 is 4.39 Å². The molecule has 0 radical (unpaired) electrons. The maximum atomic E-state index is 16.0. The minimum absolute atomic E-state index is 0.232. The largest absolute Gasteiger partial charge is 0.480 e. The van der Waals surface area contributed by atoms with Crippen molar-refractivity contribution in [3.05, 3.63) is 94.8 Å². The predicted octanol–water partition coefficient (Wildman–Crippen LogP) is 3.77. The number of nitrogens with one attached hydrogen (secondary N) is 1. The molecule has 0 spiro atoms. The maximum Gasteiger partial charge on any atom is 0.234 e. The molecule has 3 atom stereocenters. The van der Waals surface area contributed by atoms with Crippen LogP contribution in [0.5, 0.6) is 0 Å². The summed E-state index contributed by atoms with van der Waals surface area (Å²) in [6.07, 6.45) is 6.07. The van der Waals surface area contributed by atoms with Crippen LogP contribution in [-0.2, 0) is 20.9 Å². The summed E-state index contributed by atoms with van der Waals surface area (Å²) < 4.78 is 21.2. The van der Waals surface area contributed by atoms with Gasteiger partial charge in [-0.05, 0) is 79.8 Å². The molecule has 9 nitrogen and oxygen atoms in total. The number of piperidine rings is 2. The van der Waals surface area contributed by atoms with Crippen LogP contribution in [0.1, 0.15) is 67.2 Å². The van der Waals surface area contributed by atoms with E-state index in [0.29, 0.717) is 72.7 Å². The Kier molecular flexibility index (Phi) is 8.79. The molecule has 1 aromatic heterocycles. The molecule has 0 saturated carbocycles. The Morgan fingerprint density at radius 1 is 1.19 bits per heavy atom. The van der Waals surface area contributed by atoms with Crippen molar-refractivity contribution in [2.75, 3.05) is 19.7 Å². The molecule has 2 aliphatic rings. The molecule has 5 rings (SSSR count). The lowest BCUT2D eigenvalue weighted by Gasteiger charge is -2.43. The first-order chi connectivity index (χ1) is 20.6. The molecular formula is C33H38FN5O4. The van der Waals surface area contributed by atoms with Gasteiger partial charge < -0.3 is 21.3 Å². The van der Waals surface area contributed by atoms with Crippen molar-refractivity contribution >= 4 is 28.4 Å². The number of hydrogen-bond donors (Lipinski definition) is 4. The number of nitrogens with zero attached hydrogens (tertiary/aromatic N) is 2. The van der Waals surface area contributed by atoms with Crippen LogP contribution >= 0.6 is 0 Å². The van der Waals surface area contributed by atoms with Crippen molar-refractivity contribution in [2.45, 2.75) is 57.1 Å². The number of fused-ring (bicyclic) bond motifs is 1. The summed E-state index contributed by atoms with van der Waals surface area (Å²) in [4.78, 5) is 30.5. The third kappa shape index (κ3) is 6.71. The van der Waals surface area contributed by atoms with Crippen LogP contribution in [-0.4, -0.2) is 52.1 Å². The van der Waals surface area contributed by atoms with Gasteiger partial charge in [0.05, 0.1) is 23.6 Å². The number of allylic oxidation sites excluding steroid dienone is 2. The average Bonchev–Trinajstić information content (AvgIpc) is 2.97. The zero-order valence-electron chi connectivity index (χ0n) is 24.5. The van der Waals surface area contributed by atoms with Gasteiger partial charge in [-0.2, -0.15) is 0 Å². The standard InChI is InChI=1S/C33H38FN5O4/c1-3-43-29(36)12-10-27(35)21-6-4-20(5-7-21)18-39-15-14-26(33(2,42)19-39)24-8-11-28-25(31(24)34)16-22(17-37-28)23-9-13-30(40)38-32(23)41/h4-8,10-12,16-17,23,26,42H,3,9,13-15,18-19,35-36H2,1-2H3,(H,38,40,41)/b27-10-,29-12+. The van der Waals surface area contributed by atoms with Gasteiger partial charge >= 0.3 is 0 Å². The van der Waals surface area contributed by atoms with Gasteiger partial charge in [-0.25, -0.2) is 4.39 Å². The Hall–Kier alpha value is -4.28. The number of aromatic nitrogens is 1. The van der Waals surface area contributed by atoms with E-state index < -0.39 is 29.2 Å². The molecule has 2 fully saturated rings. The molecule has 6 N–H and O–H groups in total. The van der Waals surface area contributed by atoms with Gasteiger partial charge in [0.2, 0.25) is 11.8 Å². The highest BCUT2D eigenvalue weighted by molar-refractivity contribution is 6.01. The minimum atomic E-state index is -1.18. The SMILES string of the molecule is CCO/C(N)=C/C=C(\N)c1ccc(CN2CCC(c3ccc4ncc(C5CCC(=O)NC5=O)cc4c3F)C(C)(O)C2)cc1. The summed E-state index contributed by atoms with van der Waals surface area (Å²) in [6.45, 7) is 5.77. The number of carbonyl (C=O) groups is 2. The summed E-state index contributed by atoms with van der Waals surface area (Å²) in [5, 5.41) is 14.2. The van der Waals surface area contributed by atoms with Gasteiger partial charge in [0.25, 0.3) is 0 Å². The van der Waals surface area contributed by atoms with Crippen molar-refractivity contribution < 1.29 is 23.8 Å². The quantitative estimate of drug-likeness (QED) is 0.177. The average molecular weight is 588 g/mol. The summed E-state index contributed by atoms with van der Waals surface area (Å²) in [5.74, 6) is -1.80. The van der Waals surface area contributed by atoms with Crippen LogP contribution in [0.4, 0.5) is 4.39 Å². The van der Waals surface area contributed by atoms with Crippen LogP contribution in [0.15, 0.2) is 66.7 Å². The van der Waals surface area contributed by atoms with E-state index in [0.717, 1.165) is 11.1 Å². The number of halogens is 1. The van der Waals surface area contributed by atoms with E-state index in [1.54, 1.807) is 43.5 Å². The highest BCUT2D eigenvalue weighted by Gasteiger charge is 2.40. The third-order valence-corrected chi connectivity index (χ3v) is 8.33. The molecule has 3 aromatic rings. The van der Waals surface area contributed by atoms with Gasteiger partial charge in [-0.3, -0.25) is 24.8 Å². The number of amides is 2. The lowest BCUT2D eigenvalue weighted by Crippen LogP contribution is -2.50. The summed E-state index contributed by atoms with van der Waals surface area (Å²) >= 11 is 0. The van der Waals surface area contributed by atoms with E-state index in [-0.39, 0.29) is 12.3 Å². The summed E-state index contributed by atoms with van der Waals surface area (Å²) in [5.41, 5.74) is 14.7. The lowest BCUT2D eigenvalue weighted by molar-refractivity contribution is -0.134. The Bertz CT molecular complexity index is 1580. The monoisotopic (exact) mass is 587 g/mol. The normalized spacial score (nSPS) is 23.8. The van der Waals surface area contributed by atoms with E-state index in [2.05, 4.69) is 15.2 Å². The first-order valence-electron chi connectivity index (χ1n) is 14.6. The predicted molar refractivity (Wildman–Crippen MR) is 163 cm³/mol. The number of nitrogens with two attached hydrogens (primary N) is 2. The Balaban J connectivity index is 1.29. The Morgan fingerprint density at radius 2 is 1.95 bits per heavy atom. The zero-order chi connectivity index (χ0) is 30.7. The zero-order valence-corrected chi connectivity index (χ0v) is 24.5. The fourth-order valence-electron chi connectivity index (χ4n) is 6.10. The first-order valence-corrected chi connectivity index (χ1v) is 14.6. The number of benzene rings is 2. The molecule has 0 aliphatic carbocycles. The molecular weight excluding hydrogens is 549 g/mol. The number of likely N-dealkylation sites (tertiary alicyclic amines) is 1. The van der Waals surface area contributed by atoms with Gasteiger partial charge in [0.15, 0.2) is 5.88 Å². The minimum Gasteiger partial charge on any atom is -0.480 e. The van der Waals surface area contributed by atoms with Gasteiger partial charge in [-0.15, -0.1) is 0 Å². The molecule has 10 heteroatoms. The Labute approximate surface area is 250 Å². The highest BCUT2D eigenvalue weighted by atomic mass is 19.1. The fourth-order valence-corrected chi connectivity index (χ4v) is 6.10. The summed E-state index contributed by atoms with van der Waals surface area (Å²) in [7, 11) is 0. The second-order valence-electron chi connectivity index (χ2n) is 11.5. The molecule has 2 aliphatic heterocycles. The fraction of sp³-hybridized carbons (Fsp3) is 0.364. The molecule has 2 saturated heterocycles. The number of imide groups is 1. The molecule has 3 heterocycles. The van der Waals surface area contributed by atoms with Crippen molar-refractivity contribution in [1.29, 1.82) is 0 Å². The number of aliphatic hydroxyl groups is 1. The highest BCUT2D eigenvalue weighted by Crippen LogP contribution is 2.39. The van der Waals surface area contributed by atoms with E-state index in [1.165, 1.54) is 0 Å². The van der Waals surface area contributed by atoms with E-state index in [9.17, 15) is 14.7 Å². The molecule has 226 valence electrons. The maximum absolute atomic E-state index is 16.0. The smallest absolute Gasteiger partial charge is 0.234 e. The number of carbonyl (C=O) groups excluding carboxylic acids is 2. The van der Waals surface area contributed by atoms with Gasteiger partial charge in [-0.1, -0.05) is 30.3 Å². The van der Waals surface area contributed by atoms with Crippen molar-refractivity contribution in [3.63, 3.8) is 0 Å². The van der Waals surface area contributed by atoms with Crippen molar-refractivity contribution in [3.8, 4) is 0 Å². The van der Waals surface area contributed by atoms with Gasteiger partial charge in [0, 0.05) is 42.7 Å². The third-order valence-electron chi connectivity index (χ3n) is 8.33. The van der Waals surface area contributed by atoms with E-state index in [1.807, 2.05) is 31.2 Å². The first kappa shape index (κ1) is 30.2. The second kappa shape index (κ2) is 12.5. The van der Waals surface area contributed by atoms with Gasteiger partial charge in [0.1, 0.15) is 5.82 Å². The summed E-state index contributed by atoms with van der Waals surface area (Å²) in [6, 6.07) is 13.0. The second-order valence-corrected chi connectivity index (χ2v) is 11.5. The van der Waals surface area contributed by atoms with Crippen LogP contribution < -0.4 is 16.8 Å². The molecule has 3 unspecified atom stereocenters. The van der Waals surface area contributed by atoms with Crippen molar-refractivity contribution in [2.24, 2.45) is 11.5 Å². The molecule has 2 amide bonds. The lowest BCUT2D eigenvalue weighted by atomic mass is 9.77. The van der Waals surface area contributed by atoms with Crippen LogP contribution in [0.2, 0.25) is 0 Å². The van der Waals surface area contributed by atoms with E-state index in [4.69, 9.17) is 16.2 Å². The van der Waals surface area contributed by atoms with Crippen LogP contribution in [0.3, 0.4) is 0 Å². The van der Waals surface area contributed by atoms with Crippen molar-refractivity contribution in [1.82, 2.24) is 15.2 Å². The Morgan fingerprint density at radius 3 is 2.65 bits per heavy atom. The number of pyridine rings is 1. The number of rotatable bonds is 8. The van der Waals surface area contributed by atoms with Crippen LogP contribution in [0, 0.1) is 5.82 Å². The number of ether oxygens (including phenoxy) is 1.